The molecule has 0 fully saturated rings. The minimum absolute atomic E-state index is 0.207. The molecule has 2 N–H and O–H groups in total. The van der Waals surface area contributed by atoms with Gasteiger partial charge in [-0.05, 0) is 31.2 Å². The molecule has 0 aromatic carbocycles. The number of carbonyl (C=O) groups excluding carboxylic acids is 2. The number of rotatable bonds is 5. The van der Waals surface area contributed by atoms with Crippen LogP contribution in [-0.2, 0) is 24.2 Å². The molecule has 1 aliphatic rings. The van der Waals surface area contributed by atoms with E-state index in [0.717, 1.165) is 42.5 Å². The Morgan fingerprint density at radius 3 is 3.00 bits per heavy atom. The molecule has 128 valence electrons. The van der Waals surface area contributed by atoms with Crippen molar-refractivity contribution in [2.24, 2.45) is 0 Å². The van der Waals surface area contributed by atoms with Crippen molar-refractivity contribution >= 4 is 33.5 Å². The number of hydrogen-bond acceptors (Lipinski definition) is 5. The van der Waals surface area contributed by atoms with Crippen molar-refractivity contribution in [3.05, 3.63) is 27.1 Å². The monoisotopic (exact) mass is 348 g/mol. The molecule has 0 aliphatic heterocycles. The van der Waals surface area contributed by atoms with Crippen LogP contribution in [0.25, 0.3) is 10.2 Å². The molecule has 0 unspecified atom stereocenters. The quantitative estimate of drug-likeness (QED) is 0.802. The van der Waals surface area contributed by atoms with Gasteiger partial charge in [-0.25, -0.2) is 9.78 Å². The number of carbonyl (C=O) groups is 2. The van der Waals surface area contributed by atoms with Crippen molar-refractivity contribution in [2.45, 2.75) is 45.6 Å². The molecule has 24 heavy (non-hydrogen) atoms. The van der Waals surface area contributed by atoms with Crippen molar-refractivity contribution in [3.63, 3.8) is 0 Å². The van der Waals surface area contributed by atoms with E-state index in [1.165, 1.54) is 15.8 Å². The molecule has 8 heteroatoms. The van der Waals surface area contributed by atoms with Crippen LogP contribution in [0.15, 0.2) is 11.1 Å². The first-order chi connectivity index (χ1) is 11.6. The van der Waals surface area contributed by atoms with Crippen molar-refractivity contribution in [2.75, 3.05) is 6.54 Å². The van der Waals surface area contributed by atoms with Gasteiger partial charge in [-0.1, -0.05) is 13.3 Å². The highest BCUT2D eigenvalue weighted by Gasteiger charge is 2.21. The van der Waals surface area contributed by atoms with E-state index in [2.05, 4.69) is 15.6 Å². The van der Waals surface area contributed by atoms with E-state index in [9.17, 15) is 14.4 Å². The van der Waals surface area contributed by atoms with Gasteiger partial charge in [0, 0.05) is 11.4 Å². The predicted octanol–water partition coefficient (Wildman–Crippen LogP) is 1.57. The Hall–Kier alpha value is -2.22. The van der Waals surface area contributed by atoms with Crippen molar-refractivity contribution in [1.29, 1.82) is 0 Å². The number of imide groups is 1. The molecule has 0 atom stereocenters. The summed E-state index contributed by atoms with van der Waals surface area (Å²) in [5.41, 5.74) is 0.875. The maximum Gasteiger partial charge on any atom is 0.321 e. The lowest BCUT2D eigenvalue weighted by atomic mass is 10.2. The van der Waals surface area contributed by atoms with Gasteiger partial charge in [-0.2, -0.15) is 0 Å². The second-order valence-electron chi connectivity index (χ2n) is 5.87. The third kappa shape index (κ3) is 3.33. The minimum atomic E-state index is -0.535. The van der Waals surface area contributed by atoms with Gasteiger partial charge in [0.05, 0.1) is 11.7 Å². The standard InChI is InChI=1S/C16H20N4O3S/c1-2-3-7-17-16(23)19-12(21)8-20-9-18-14-13(15(20)22)10-5-4-6-11(10)24-14/h9H,2-8H2,1H3,(H2,17,19,21,23). The molecule has 0 spiro atoms. The summed E-state index contributed by atoms with van der Waals surface area (Å²) >= 11 is 1.56. The molecular weight excluding hydrogens is 328 g/mol. The molecule has 0 saturated carbocycles. The summed E-state index contributed by atoms with van der Waals surface area (Å²) in [6, 6.07) is -0.535. The number of unbranched alkanes of at least 4 members (excludes halogenated alkanes) is 1. The largest absolute Gasteiger partial charge is 0.338 e. The van der Waals surface area contributed by atoms with Gasteiger partial charge in [0.25, 0.3) is 5.56 Å². The van der Waals surface area contributed by atoms with Gasteiger partial charge in [-0.3, -0.25) is 19.5 Å². The van der Waals surface area contributed by atoms with Crippen molar-refractivity contribution in [3.8, 4) is 0 Å². The SMILES string of the molecule is CCCCNC(=O)NC(=O)Cn1cnc2sc3c(c2c1=O)CCC3. The number of aryl methyl sites for hydroxylation is 2. The summed E-state index contributed by atoms with van der Waals surface area (Å²) in [5, 5.41) is 5.47. The number of hydrogen-bond donors (Lipinski definition) is 2. The molecule has 2 heterocycles. The number of aromatic nitrogens is 2. The van der Waals surface area contributed by atoms with Crippen molar-refractivity contribution in [1.82, 2.24) is 20.2 Å². The zero-order chi connectivity index (χ0) is 17.1. The minimum Gasteiger partial charge on any atom is -0.338 e. The van der Waals surface area contributed by atoms with E-state index >= 15 is 0 Å². The molecule has 2 aromatic heterocycles. The molecular formula is C16H20N4O3S. The first-order valence-corrected chi connectivity index (χ1v) is 8.99. The Morgan fingerprint density at radius 1 is 1.38 bits per heavy atom. The van der Waals surface area contributed by atoms with Crippen LogP contribution in [0.4, 0.5) is 4.79 Å². The highest BCUT2D eigenvalue weighted by Crippen LogP contribution is 2.34. The number of nitrogens with one attached hydrogen (secondary N) is 2. The Bertz CT molecular complexity index is 840. The summed E-state index contributed by atoms with van der Waals surface area (Å²) in [4.78, 5) is 42.4. The highest BCUT2D eigenvalue weighted by atomic mass is 32.1. The lowest BCUT2D eigenvalue weighted by Crippen LogP contribution is -2.42. The maximum absolute atomic E-state index is 12.6. The Labute approximate surface area is 143 Å². The molecule has 1 aliphatic carbocycles. The molecule has 0 saturated heterocycles. The fourth-order valence-electron chi connectivity index (χ4n) is 2.88. The van der Waals surface area contributed by atoms with Crippen LogP contribution in [0.3, 0.4) is 0 Å². The maximum atomic E-state index is 12.6. The van der Waals surface area contributed by atoms with Gasteiger partial charge in [0.15, 0.2) is 0 Å². The molecule has 0 radical (unpaired) electrons. The normalized spacial score (nSPS) is 13.0. The van der Waals surface area contributed by atoms with E-state index in [1.54, 1.807) is 11.3 Å². The van der Waals surface area contributed by atoms with E-state index in [-0.39, 0.29) is 12.1 Å². The van der Waals surface area contributed by atoms with Crippen LogP contribution in [0.2, 0.25) is 0 Å². The van der Waals surface area contributed by atoms with E-state index in [1.807, 2.05) is 6.92 Å². The second-order valence-corrected chi connectivity index (χ2v) is 6.96. The first-order valence-electron chi connectivity index (χ1n) is 8.17. The second kappa shape index (κ2) is 7.12. The molecule has 3 rings (SSSR count). The number of amides is 3. The Balaban J connectivity index is 1.71. The van der Waals surface area contributed by atoms with Crippen LogP contribution in [0.1, 0.15) is 36.6 Å². The summed E-state index contributed by atoms with van der Waals surface area (Å²) in [6.45, 7) is 2.32. The zero-order valence-electron chi connectivity index (χ0n) is 13.6. The Morgan fingerprint density at radius 2 is 2.21 bits per heavy atom. The Kier molecular flexibility index (Phi) is 4.94. The van der Waals surface area contributed by atoms with E-state index in [0.29, 0.717) is 11.9 Å². The fourth-order valence-corrected chi connectivity index (χ4v) is 4.10. The van der Waals surface area contributed by atoms with Crippen molar-refractivity contribution < 1.29 is 9.59 Å². The number of urea groups is 1. The highest BCUT2D eigenvalue weighted by molar-refractivity contribution is 7.18. The van der Waals surface area contributed by atoms with E-state index < -0.39 is 11.9 Å². The summed E-state index contributed by atoms with van der Waals surface area (Å²) in [6.07, 6.45) is 6.14. The van der Waals surface area contributed by atoms with Crippen LogP contribution >= 0.6 is 11.3 Å². The van der Waals surface area contributed by atoms with E-state index in [4.69, 9.17) is 0 Å². The van der Waals surface area contributed by atoms with Gasteiger partial charge in [0.1, 0.15) is 11.4 Å². The van der Waals surface area contributed by atoms with Crippen LogP contribution in [0.5, 0.6) is 0 Å². The van der Waals surface area contributed by atoms with Crippen LogP contribution in [-0.4, -0.2) is 28.0 Å². The van der Waals surface area contributed by atoms with Gasteiger partial charge >= 0.3 is 6.03 Å². The number of fused-ring (bicyclic) bond motifs is 3. The summed E-state index contributed by atoms with van der Waals surface area (Å²) in [7, 11) is 0. The fraction of sp³-hybridized carbons (Fsp3) is 0.500. The third-order valence-electron chi connectivity index (χ3n) is 4.07. The van der Waals surface area contributed by atoms with Crippen LogP contribution < -0.4 is 16.2 Å². The molecule has 7 nitrogen and oxygen atoms in total. The predicted molar refractivity (Wildman–Crippen MR) is 92.4 cm³/mol. The third-order valence-corrected chi connectivity index (χ3v) is 5.27. The topological polar surface area (TPSA) is 93.1 Å². The van der Waals surface area contributed by atoms with Gasteiger partial charge in [-0.15, -0.1) is 11.3 Å². The van der Waals surface area contributed by atoms with Gasteiger partial charge in [0.2, 0.25) is 5.91 Å². The smallest absolute Gasteiger partial charge is 0.321 e. The van der Waals surface area contributed by atoms with Gasteiger partial charge < -0.3 is 5.32 Å². The zero-order valence-corrected chi connectivity index (χ0v) is 14.4. The average Bonchev–Trinajstić information content (AvgIpc) is 3.11. The molecule has 0 bridgehead atoms. The number of nitrogens with zero attached hydrogens (tertiary/aromatic N) is 2. The lowest BCUT2D eigenvalue weighted by molar-refractivity contribution is -0.120. The molecule has 2 aromatic rings. The van der Waals surface area contributed by atoms with Crippen LogP contribution in [0, 0.1) is 0 Å². The summed E-state index contributed by atoms with van der Waals surface area (Å²) < 4.78 is 1.27. The first kappa shape index (κ1) is 16.6. The lowest BCUT2D eigenvalue weighted by Gasteiger charge is -2.08. The number of thiophene rings is 1. The average molecular weight is 348 g/mol. The molecule has 3 amide bonds. The summed E-state index contributed by atoms with van der Waals surface area (Å²) in [5.74, 6) is -0.529.